The van der Waals surface area contributed by atoms with E-state index in [-0.39, 0.29) is 0 Å². The zero-order valence-corrected chi connectivity index (χ0v) is 14.0. The van der Waals surface area contributed by atoms with Gasteiger partial charge in [-0.05, 0) is 18.5 Å². The molecule has 0 atom stereocenters. The Balaban J connectivity index is 3.85. The Morgan fingerprint density at radius 2 is 1.31 bits per heavy atom. The summed E-state index contributed by atoms with van der Waals surface area (Å²) in [7, 11) is -2.39. The van der Waals surface area contributed by atoms with E-state index in [4.69, 9.17) is 8.85 Å². The van der Waals surface area contributed by atoms with Crippen LogP contribution in [0.1, 0.15) is 39.5 Å². The van der Waals surface area contributed by atoms with Crippen LogP contribution in [0.3, 0.4) is 0 Å². The summed E-state index contributed by atoms with van der Waals surface area (Å²) < 4.78 is 11.9. The predicted octanol–water partition coefficient (Wildman–Crippen LogP) is 3.72. The van der Waals surface area contributed by atoms with Crippen LogP contribution in [0.2, 0.25) is 25.3 Å². The van der Waals surface area contributed by atoms with Gasteiger partial charge in [-0.3, -0.25) is 0 Å². The smallest absolute Gasteiger partial charge is 0.318 e. The van der Waals surface area contributed by atoms with E-state index < -0.39 is 17.4 Å². The molecule has 0 aromatic rings. The third-order valence-electron chi connectivity index (χ3n) is 2.38. The fraction of sp³-hybridized carbons (Fsp3) is 1.00. The van der Waals surface area contributed by atoms with Gasteiger partial charge < -0.3 is 8.85 Å². The SMILES string of the molecule is CCCCO[SiH](C[Si](C)(C)C)OCCCC. The summed E-state index contributed by atoms with van der Waals surface area (Å²) in [6.45, 7) is 13.4. The average molecular weight is 263 g/mol. The molecule has 0 amide bonds. The van der Waals surface area contributed by atoms with Gasteiger partial charge in [0.1, 0.15) is 0 Å². The van der Waals surface area contributed by atoms with Crippen molar-refractivity contribution in [3.63, 3.8) is 0 Å². The van der Waals surface area contributed by atoms with E-state index in [9.17, 15) is 0 Å². The molecule has 0 radical (unpaired) electrons. The predicted molar refractivity (Wildman–Crippen MR) is 77.0 cm³/mol. The second-order valence-electron chi connectivity index (χ2n) is 5.64. The largest absolute Gasteiger partial charge is 0.397 e. The minimum Gasteiger partial charge on any atom is -0.397 e. The fourth-order valence-corrected chi connectivity index (χ4v) is 7.28. The molecule has 0 aliphatic rings. The van der Waals surface area contributed by atoms with Crippen LogP contribution in [0.15, 0.2) is 0 Å². The van der Waals surface area contributed by atoms with Crippen LogP contribution in [0, 0.1) is 0 Å². The molecule has 0 fully saturated rings. The molecule has 0 N–H and O–H groups in total. The van der Waals surface area contributed by atoms with Crippen molar-refractivity contribution in [2.75, 3.05) is 13.2 Å². The summed E-state index contributed by atoms with van der Waals surface area (Å²) in [5, 5.41) is 0. The van der Waals surface area contributed by atoms with Gasteiger partial charge in [0.25, 0.3) is 0 Å². The van der Waals surface area contributed by atoms with Crippen LogP contribution in [-0.4, -0.2) is 30.6 Å². The van der Waals surface area contributed by atoms with E-state index in [0.717, 1.165) is 13.2 Å². The van der Waals surface area contributed by atoms with Crippen molar-refractivity contribution in [2.45, 2.75) is 64.8 Å². The lowest BCUT2D eigenvalue weighted by molar-refractivity contribution is 0.195. The summed E-state index contributed by atoms with van der Waals surface area (Å²) in [6, 6.07) is 0. The van der Waals surface area contributed by atoms with Crippen molar-refractivity contribution in [1.82, 2.24) is 0 Å². The van der Waals surface area contributed by atoms with Crippen molar-refractivity contribution in [1.29, 1.82) is 0 Å². The lowest BCUT2D eigenvalue weighted by atomic mass is 10.4. The van der Waals surface area contributed by atoms with E-state index >= 15 is 0 Å². The molecule has 0 bridgehead atoms. The van der Waals surface area contributed by atoms with Crippen molar-refractivity contribution >= 4 is 17.4 Å². The van der Waals surface area contributed by atoms with Gasteiger partial charge in [0, 0.05) is 21.3 Å². The number of hydrogen-bond donors (Lipinski definition) is 0. The highest BCUT2D eigenvalue weighted by atomic mass is 28.4. The van der Waals surface area contributed by atoms with Crippen molar-refractivity contribution in [2.24, 2.45) is 0 Å². The van der Waals surface area contributed by atoms with E-state index in [2.05, 4.69) is 33.5 Å². The molecule has 98 valence electrons. The molecule has 0 aromatic carbocycles. The molecule has 0 heterocycles. The van der Waals surface area contributed by atoms with Crippen molar-refractivity contribution in [3.05, 3.63) is 0 Å². The first kappa shape index (κ1) is 16.4. The first-order valence-corrected chi connectivity index (χ1v) is 12.2. The highest BCUT2D eigenvalue weighted by molar-refractivity contribution is 6.84. The Morgan fingerprint density at radius 1 is 0.875 bits per heavy atom. The number of rotatable bonds is 10. The zero-order valence-electron chi connectivity index (χ0n) is 11.8. The van der Waals surface area contributed by atoms with Gasteiger partial charge in [0.05, 0.1) is 0 Å². The second kappa shape index (κ2) is 9.39. The molecule has 0 spiro atoms. The molecular weight excluding hydrogens is 232 g/mol. The summed E-state index contributed by atoms with van der Waals surface area (Å²) >= 11 is 0. The molecule has 0 aromatic heterocycles. The minimum absolute atomic E-state index is 0.907. The molecular formula is C12H30O2Si2. The monoisotopic (exact) mass is 262 g/mol. The summed E-state index contributed by atoms with van der Waals surface area (Å²) in [5.41, 5.74) is 1.25. The second-order valence-corrected chi connectivity index (χ2v) is 13.9. The molecule has 0 saturated heterocycles. The Labute approximate surface area is 105 Å². The van der Waals surface area contributed by atoms with Gasteiger partial charge in [-0.15, -0.1) is 0 Å². The van der Waals surface area contributed by atoms with E-state index in [1.54, 1.807) is 0 Å². The molecule has 0 aliphatic carbocycles. The maximum absolute atomic E-state index is 5.96. The van der Waals surface area contributed by atoms with Crippen LogP contribution in [0.4, 0.5) is 0 Å². The van der Waals surface area contributed by atoms with Crippen LogP contribution in [0.25, 0.3) is 0 Å². The molecule has 0 unspecified atom stereocenters. The van der Waals surface area contributed by atoms with Gasteiger partial charge in [-0.25, -0.2) is 0 Å². The third kappa shape index (κ3) is 10.9. The lowest BCUT2D eigenvalue weighted by Crippen LogP contribution is -2.35. The number of hydrogen-bond acceptors (Lipinski definition) is 2. The molecule has 16 heavy (non-hydrogen) atoms. The maximum Gasteiger partial charge on any atom is 0.318 e. The normalized spacial score (nSPS) is 12.4. The van der Waals surface area contributed by atoms with Gasteiger partial charge >= 0.3 is 9.28 Å². The van der Waals surface area contributed by atoms with Crippen LogP contribution >= 0.6 is 0 Å². The first-order chi connectivity index (χ1) is 7.49. The summed E-state index contributed by atoms with van der Waals surface area (Å²) in [5.74, 6) is 0. The van der Waals surface area contributed by atoms with E-state index in [1.807, 2.05) is 0 Å². The highest BCUT2D eigenvalue weighted by Gasteiger charge is 2.23. The topological polar surface area (TPSA) is 18.5 Å². The van der Waals surface area contributed by atoms with Gasteiger partial charge in [-0.2, -0.15) is 0 Å². The van der Waals surface area contributed by atoms with Crippen molar-refractivity contribution in [3.8, 4) is 0 Å². The summed E-state index contributed by atoms with van der Waals surface area (Å²) in [4.78, 5) is 0. The third-order valence-corrected chi connectivity index (χ3v) is 9.83. The first-order valence-electron chi connectivity index (χ1n) is 6.72. The van der Waals surface area contributed by atoms with Crippen LogP contribution in [-0.2, 0) is 8.85 Å². The molecule has 4 heteroatoms. The quantitative estimate of drug-likeness (QED) is 0.441. The van der Waals surface area contributed by atoms with E-state index in [0.29, 0.717) is 0 Å². The number of unbranched alkanes of at least 4 members (excludes halogenated alkanes) is 2. The Kier molecular flexibility index (Phi) is 9.60. The van der Waals surface area contributed by atoms with Crippen molar-refractivity contribution < 1.29 is 8.85 Å². The molecule has 0 aliphatic heterocycles. The lowest BCUT2D eigenvalue weighted by Gasteiger charge is -2.23. The Bertz CT molecular complexity index is 148. The summed E-state index contributed by atoms with van der Waals surface area (Å²) in [6.07, 6.45) is 4.77. The van der Waals surface area contributed by atoms with Gasteiger partial charge in [-0.1, -0.05) is 46.3 Å². The maximum atomic E-state index is 5.96. The highest BCUT2D eigenvalue weighted by Crippen LogP contribution is 2.13. The fourth-order valence-electron chi connectivity index (χ4n) is 1.38. The Morgan fingerprint density at radius 3 is 1.62 bits per heavy atom. The van der Waals surface area contributed by atoms with Crippen LogP contribution in [0.5, 0.6) is 0 Å². The molecule has 2 nitrogen and oxygen atoms in total. The standard InChI is InChI=1S/C12H30O2Si2/c1-6-8-10-13-15(12-16(3,4)5)14-11-9-7-2/h15H,6-12H2,1-5H3. The van der Waals surface area contributed by atoms with Crippen LogP contribution < -0.4 is 0 Å². The zero-order chi connectivity index (χ0) is 12.4. The van der Waals surface area contributed by atoms with Gasteiger partial charge in [0.15, 0.2) is 0 Å². The average Bonchev–Trinajstić information content (AvgIpc) is 2.16. The molecule has 0 rings (SSSR count). The van der Waals surface area contributed by atoms with Gasteiger partial charge in [0.2, 0.25) is 0 Å². The molecule has 0 saturated carbocycles. The minimum atomic E-state index is -1.36. The Hall–Kier alpha value is 0.354. The van der Waals surface area contributed by atoms with E-state index in [1.165, 1.54) is 31.4 Å².